The number of anilines is 2. The van der Waals surface area contributed by atoms with Crippen molar-refractivity contribution >= 4 is 21.4 Å². The van der Waals surface area contributed by atoms with Crippen LogP contribution in [0.4, 0.5) is 24.5 Å². The third kappa shape index (κ3) is 2.69. The lowest BCUT2D eigenvalue weighted by Crippen LogP contribution is -2.14. The highest BCUT2D eigenvalue weighted by atomic mass is 32.2. The van der Waals surface area contributed by atoms with Gasteiger partial charge in [0.15, 0.2) is 17.5 Å². The van der Waals surface area contributed by atoms with Gasteiger partial charge in [0.25, 0.3) is 10.0 Å². The molecule has 2 rings (SSSR count). The van der Waals surface area contributed by atoms with Gasteiger partial charge in [-0.1, -0.05) is 0 Å². The Morgan fingerprint density at radius 2 is 1.50 bits per heavy atom. The molecule has 0 unspecified atom stereocenters. The SMILES string of the molecule is Nc1ccc(S(=O)(=O)Nc2ccc(F)c(F)c2F)cc1. The van der Waals surface area contributed by atoms with Gasteiger partial charge in [-0.3, -0.25) is 4.72 Å². The highest BCUT2D eigenvalue weighted by Crippen LogP contribution is 2.23. The number of hydrogen-bond acceptors (Lipinski definition) is 3. The molecule has 0 bridgehead atoms. The van der Waals surface area contributed by atoms with Crippen LogP contribution in [0.5, 0.6) is 0 Å². The minimum atomic E-state index is -4.12. The standard InChI is InChI=1S/C12H9F3N2O2S/c13-9-5-6-10(12(15)11(9)14)17-20(18,19)8-3-1-7(16)2-4-8/h1-6,17H,16H2. The molecule has 0 atom stereocenters. The van der Waals surface area contributed by atoms with E-state index in [0.717, 1.165) is 6.07 Å². The van der Waals surface area contributed by atoms with Crippen LogP contribution in [-0.4, -0.2) is 8.42 Å². The predicted octanol–water partition coefficient (Wildman–Crippen LogP) is 2.49. The molecule has 0 fully saturated rings. The normalized spacial score (nSPS) is 11.3. The Bertz CT molecular complexity index is 746. The molecule has 3 N–H and O–H groups in total. The second-order valence-corrected chi connectivity index (χ2v) is 5.58. The van der Waals surface area contributed by atoms with E-state index < -0.39 is 33.2 Å². The van der Waals surface area contributed by atoms with Gasteiger partial charge in [-0.05, 0) is 36.4 Å². The van der Waals surface area contributed by atoms with Crippen LogP contribution in [0.25, 0.3) is 0 Å². The number of hydrogen-bond donors (Lipinski definition) is 2. The smallest absolute Gasteiger partial charge is 0.261 e. The first-order chi connectivity index (χ1) is 9.31. The number of benzene rings is 2. The number of nitrogens with two attached hydrogens (primary N) is 1. The minimum Gasteiger partial charge on any atom is -0.399 e. The zero-order chi connectivity index (χ0) is 14.9. The highest BCUT2D eigenvalue weighted by molar-refractivity contribution is 7.92. The summed E-state index contributed by atoms with van der Waals surface area (Å²) in [6.07, 6.45) is 0. The summed E-state index contributed by atoms with van der Waals surface area (Å²) in [4.78, 5) is -0.184. The average molecular weight is 302 g/mol. The fraction of sp³-hybridized carbons (Fsp3) is 0. The summed E-state index contributed by atoms with van der Waals surface area (Å²) < 4.78 is 64.9. The Kier molecular flexibility index (Phi) is 3.58. The highest BCUT2D eigenvalue weighted by Gasteiger charge is 2.19. The average Bonchev–Trinajstić information content (AvgIpc) is 2.40. The van der Waals surface area contributed by atoms with E-state index in [1.807, 2.05) is 4.72 Å². The summed E-state index contributed by atoms with van der Waals surface area (Å²) in [5, 5.41) is 0. The Hall–Kier alpha value is -2.22. The van der Waals surface area contributed by atoms with Crippen molar-refractivity contribution in [2.75, 3.05) is 10.5 Å². The molecular weight excluding hydrogens is 293 g/mol. The van der Waals surface area contributed by atoms with Crippen molar-refractivity contribution < 1.29 is 21.6 Å². The molecule has 0 aliphatic rings. The fourth-order valence-electron chi connectivity index (χ4n) is 1.46. The number of nitrogen functional groups attached to an aromatic ring is 1. The predicted molar refractivity (Wildman–Crippen MR) is 68.0 cm³/mol. The summed E-state index contributed by atoms with van der Waals surface area (Å²) in [5.74, 6) is -4.76. The summed E-state index contributed by atoms with van der Waals surface area (Å²) >= 11 is 0. The Balaban J connectivity index is 2.38. The Morgan fingerprint density at radius 3 is 2.10 bits per heavy atom. The van der Waals surface area contributed by atoms with Gasteiger partial charge >= 0.3 is 0 Å². The van der Waals surface area contributed by atoms with Gasteiger partial charge in [0.05, 0.1) is 10.6 Å². The number of halogens is 3. The van der Waals surface area contributed by atoms with Crippen LogP contribution in [0.15, 0.2) is 41.3 Å². The largest absolute Gasteiger partial charge is 0.399 e. The van der Waals surface area contributed by atoms with Gasteiger partial charge < -0.3 is 5.73 Å². The molecule has 0 amide bonds. The first-order valence-electron chi connectivity index (χ1n) is 5.33. The second-order valence-electron chi connectivity index (χ2n) is 3.90. The molecule has 4 nitrogen and oxygen atoms in total. The number of nitrogens with one attached hydrogen (secondary N) is 1. The molecule has 0 heterocycles. The molecule has 0 aliphatic heterocycles. The van der Waals surface area contributed by atoms with Gasteiger partial charge in [-0.25, -0.2) is 21.6 Å². The molecule has 2 aromatic rings. The van der Waals surface area contributed by atoms with Crippen molar-refractivity contribution in [1.29, 1.82) is 0 Å². The van der Waals surface area contributed by atoms with Crippen LogP contribution in [0, 0.1) is 17.5 Å². The molecule has 2 aromatic carbocycles. The summed E-state index contributed by atoms with van der Waals surface area (Å²) in [6, 6.07) is 6.51. The van der Waals surface area contributed by atoms with Crippen LogP contribution in [-0.2, 0) is 10.0 Å². The Labute approximate surface area is 113 Å². The number of rotatable bonds is 3. The van der Waals surface area contributed by atoms with Crippen molar-refractivity contribution in [2.24, 2.45) is 0 Å². The molecule has 106 valence electrons. The molecule has 0 aromatic heterocycles. The molecule has 8 heteroatoms. The third-order valence-electron chi connectivity index (χ3n) is 2.47. The lowest BCUT2D eigenvalue weighted by atomic mass is 10.3. The molecule has 0 radical (unpaired) electrons. The summed E-state index contributed by atoms with van der Waals surface area (Å²) in [6.45, 7) is 0. The van der Waals surface area contributed by atoms with Crippen molar-refractivity contribution in [3.8, 4) is 0 Å². The first kappa shape index (κ1) is 14.2. The minimum absolute atomic E-state index is 0.184. The molecule has 0 spiro atoms. The monoisotopic (exact) mass is 302 g/mol. The van der Waals surface area contributed by atoms with E-state index >= 15 is 0 Å². The van der Waals surface area contributed by atoms with Crippen LogP contribution < -0.4 is 10.5 Å². The van der Waals surface area contributed by atoms with E-state index in [2.05, 4.69) is 0 Å². The lowest BCUT2D eigenvalue weighted by Gasteiger charge is -2.09. The maximum absolute atomic E-state index is 13.4. The number of sulfonamides is 1. The van der Waals surface area contributed by atoms with Gasteiger partial charge in [0, 0.05) is 5.69 Å². The van der Waals surface area contributed by atoms with Crippen molar-refractivity contribution in [2.45, 2.75) is 4.90 Å². The van der Waals surface area contributed by atoms with Gasteiger partial charge in [-0.15, -0.1) is 0 Å². The molecule has 20 heavy (non-hydrogen) atoms. The van der Waals surface area contributed by atoms with Crippen molar-refractivity contribution in [3.63, 3.8) is 0 Å². The van der Waals surface area contributed by atoms with E-state index in [-0.39, 0.29) is 4.90 Å². The quantitative estimate of drug-likeness (QED) is 0.676. The van der Waals surface area contributed by atoms with Gasteiger partial charge in [-0.2, -0.15) is 0 Å². The lowest BCUT2D eigenvalue weighted by molar-refractivity contribution is 0.449. The van der Waals surface area contributed by atoms with Crippen LogP contribution in [0.2, 0.25) is 0 Å². The van der Waals surface area contributed by atoms with E-state index in [1.165, 1.54) is 24.3 Å². The molecule has 0 aliphatic carbocycles. The first-order valence-corrected chi connectivity index (χ1v) is 6.81. The summed E-state index contributed by atoms with van der Waals surface area (Å²) in [5.41, 5.74) is 5.09. The van der Waals surface area contributed by atoms with Gasteiger partial charge in [0.1, 0.15) is 0 Å². The fourth-order valence-corrected chi connectivity index (χ4v) is 2.51. The van der Waals surface area contributed by atoms with Crippen LogP contribution >= 0.6 is 0 Å². The van der Waals surface area contributed by atoms with E-state index in [1.54, 1.807) is 0 Å². The van der Waals surface area contributed by atoms with E-state index in [9.17, 15) is 21.6 Å². The summed E-state index contributed by atoms with van der Waals surface area (Å²) in [7, 11) is -4.12. The van der Waals surface area contributed by atoms with Crippen LogP contribution in [0.1, 0.15) is 0 Å². The second kappa shape index (κ2) is 5.04. The van der Waals surface area contributed by atoms with Crippen LogP contribution in [0.3, 0.4) is 0 Å². The molecular formula is C12H9F3N2O2S. The zero-order valence-corrected chi connectivity index (χ0v) is 10.7. The maximum atomic E-state index is 13.4. The van der Waals surface area contributed by atoms with Crippen molar-refractivity contribution in [3.05, 3.63) is 53.8 Å². The van der Waals surface area contributed by atoms with E-state index in [0.29, 0.717) is 11.8 Å². The topological polar surface area (TPSA) is 72.2 Å². The van der Waals surface area contributed by atoms with E-state index in [4.69, 9.17) is 5.73 Å². The Morgan fingerprint density at radius 1 is 0.900 bits per heavy atom. The third-order valence-corrected chi connectivity index (χ3v) is 3.85. The zero-order valence-electron chi connectivity index (χ0n) is 9.90. The van der Waals surface area contributed by atoms with Gasteiger partial charge in [0.2, 0.25) is 0 Å². The maximum Gasteiger partial charge on any atom is 0.261 e. The molecule has 0 saturated carbocycles. The van der Waals surface area contributed by atoms with Crippen molar-refractivity contribution in [1.82, 2.24) is 0 Å². The molecule has 0 saturated heterocycles.